The number of fused-ring (bicyclic) bond motifs is 2. The zero-order valence-corrected chi connectivity index (χ0v) is 24.5. The molecule has 2 aliphatic carbocycles. The standard InChI is InChI=1S/C14H28O4Si.C11H22O3Si/c1-4-15-19(16-5-2,17-6-3)10-9-12-7-8-13-14(11-12)18-13;1-12-15(13-2)7-3-4-9-5-6-10-11(8-9)14-10/h12-14H,4-11H2,1-3H3;9-11,15H,3-8H2,1-2H3. The van der Waals surface area contributed by atoms with Crippen molar-refractivity contribution in [2.75, 3.05) is 34.0 Å². The average Bonchev–Trinajstić information content (AvgIpc) is 3.76. The Morgan fingerprint density at radius 1 is 0.706 bits per heavy atom. The molecule has 0 aromatic carbocycles. The zero-order valence-electron chi connectivity index (χ0n) is 22.3. The highest BCUT2D eigenvalue weighted by Crippen LogP contribution is 2.42. The van der Waals surface area contributed by atoms with E-state index in [1.54, 1.807) is 14.2 Å². The molecule has 4 fully saturated rings. The van der Waals surface area contributed by atoms with Gasteiger partial charge in [-0.1, -0.05) is 12.8 Å². The van der Waals surface area contributed by atoms with Gasteiger partial charge in [-0.05, 0) is 83.6 Å². The average molecular weight is 519 g/mol. The summed E-state index contributed by atoms with van der Waals surface area (Å²) in [5, 5.41) is 0. The van der Waals surface area contributed by atoms with E-state index in [0.29, 0.717) is 44.2 Å². The zero-order chi connectivity index (χ0) is 24.4. The van der Waals surface area contributed by atoms with Crippen molar-refractivity contribution in [3.8, 4) is 0 Å². The first-order valence-corrected chi connectivity index (χ1v) is 17.5. The highest BCUT2D eigenvalue weighted by atomic mass is 28.4. The third kappa shape index (κ3) is 9.23. The van der Waals surface area contributed by atoms with Gasteiger partial charge in [0.1, 0.15) is 0 Å². The Labute approximate surface area is 210 Å². The molecule has 0 amide bonds. The minimum absolute atomic E-state index is 0.557. The Morgan fingerprint density at radius 3 is 1.65 bits per heavy atom. The van der Waals surface area contributed by atoms with Crippen LogP contribution in [0.3, 0.4) is 0 Å². The van der Waals surface area contributed by atoms with E-state index in [9.17, 15) is 0 Å². The molecule has 0 aromatic heterocycles. The van der Waals surface area contributed by atoms with Crippen LogP contribution in [-0.2, 0) is 31.6 Å². The Bertz CT molecular complexity index is 548. The molecule has 2 heterocycles. The molecule has 2 saturated carbocycles. The smallest absolute Gasteiger partial charge is 0.400 e. The van der Waals surface area contributed by atoms with Crippen LogP contribution in [0.2, 0.25) is 12.1 Å². The van der Waals surface area contributed by atoms with Gasteiger partial charge in [-0.2, -0.15) is 0 Å². The summed E-state index contributed by atoms with van der Waals surface area (Å²) in [7, 11) is -0.194. The maximum absolute atomic E-state index is 5.90. The van der Waals surface area contributed by atoms with Gasteiger partial charge in [0.05, 0.1) is 24.4 Å². The molecular formula is C25H50O7Si2. The summed E-state index contributed by atoms with van der Waals surface area (Å²) in [5.41, 5.74) is 0. The van der Waals surface area contributed by atoms with E-state index in [1.165, 1.54) is 51.4 Å². The Morgan fingerprint density at radius 2 is 1.21 bits per heavy atom. The Balaban J connectivity index is 0.000000196. The molecule has 4 rings (SSSR count). The number of hydrogen-bond acceptors (Lipinski definition) is 7. The van der Waals surface area contributed by atoms with Crippen LogP contribution in [-0.4, -0.2) is 76.5 Å². The van der Waals surface area contributed by atoms with Crippen LogP contribution in [0.5, 0.6) is 0 Å². The summed E-state index contributed by atoms with van der Waals surface area (Å²) in [5.74, 6) is 1.66. The lowest BCUT2D eigenvalue weighted by Crippen LogP contribution is -2.46. The molecule has 6 atom stereocenters. The van der Waals surface area contributed by atoms with E-state index in [4.69, 9.17) is 31.6 Å². The molecule has 2 saturated heterocycles. The minimum atomic E-state index is -2.43. The molecule has 7 nitrogen and oxygen atoms in total. The molecule has 0 N–H and O–H groups in total. The van der Waals surface area contributed by atoms with Crippen LogP contribution >= 0.6 is 0 Å². The molecule has 34 heavy (non-hydrogen) atoms. The van der Waals surface area contributed by atoms with E-state index in [0.717, 1.165) is 30.3 Å². The van der Waals surface area contributed by atoms with Crippen molar-refractivity contribution in [2.24, 2.45) is 11.8 Å². The fourth-order valence-electron chi connectivity index (χ4n) is 5.79. The molecule has 200 valence electrons. The van der Waals surface area contributed by atoms with Gasteiger partial charge in [-0.3, -0.25) is 0 Å². The lowest BCUT2D eigenvalue weighted by molar-refractivity contribution is 0.0691. The highest BCUT2D eigenvalue weighted by molar-refractivity contribution is 6.60. The predicted octanol–water partition coefficient (Wildman–Crippen LogP) is 4.84. The van der Waals surface area contributed by atoms with Crippen molar-refractivity contribution >= 4 is 18.1 Å². The van der Waals surface area contributed by atoms with Gasteiger partial charge in [0.15, 0.2) is 0 Å². The quantitative estimate of drug-likeness (QED) is 0.227. The SMILES string of the molecule is CCO[Si](CCC1CCC2OC2C1)(OCC)OCC.CO[SiH](CCCC1CCC2OC2C1)OC. The van der Waals surface area contributed by atoms with Crippen molar-refractivity contribution in [1.82, 2.24) is 0 Å². The summed E-state index contributed by atoms with van der Waals surface area (Å²) < 4.78 is 39.5. The molecule has 0 spiro atoms. The highest BCUT2D eigenvalue weighted by Gasteiger charge is 2.46. The molecule has 4 aliphatic rings. The topological polar surface area (TPSA) is 71.2 Å². The van der Waals surface area contributed by atoms with Crippen LogP contribution < -0.4 is 0 Å². The van der Waals surface area contributed by atoms with Crippen LogP contribution in [0, 0.1) is 11.8 Å². The lowest BCUT2D eigenvalue weighted by Gasteiger charge is -2.30. The second-order valence-corrected chi connectivity index (χ2v) is 15.2. The summed E-state index contributed by atoms with van der Waals surface area (Å²) in [6.07, 6.45) is 13.9. The largest absolute Gasteiger partial charge is 0.500 e. The van der Waals surface area contributed by atoms with Gasteiger partial charge < -0.3 is 31.6 Å². The molecule has 0 aromatic rings. The monoisotopic (exact) mass is 518 g/mol. The number of rotatable bonds is 15. The maximum atomic E-state index is 5.90. The van der Waals surface area contributed by atoms with Gasteiger partial charge >= 0.3 is 18.1 Å². The fourth-order valence-corrected chi connectivity index (χ4v) is 9.78. The molecule has 0 bridgehead atoms. The molecule has 6 unspecified atom stereocenters. The first-order chi connectivity index (χ1) is 16.6. The molecular weight excluding hydrogens is 468 g/mol. The van der Waals surface area contributed by atoms with Crippen LogP contribution in [0.15, 0.2) is 0 Å². The Kier molecular flexibility index (Phi) is 12.5. The van der Waals surface area contributed by atoms with Gasteiger partial charge in [-0.25, -0.2) is 0 Å². The molecule has 2 aliphatic heterocycles. The number of epoxide rings is 2. The maximum Gasteiger partial charge on any atom is 0.500 e. The number of ether oxygens (including phenoxy) is 2. The minimum Gasteiger partial charge on any atom is -0.400 e. The van der Waals surface area contributed by atoms with Crippen molar-refractivity contribution in [1.29, 1.82) is 0 Å². The van der Waals surface area contributed by atoms with Crippen molar-refractivity contribution < 1.29 is 31.6 Å². The van der Waals surface area contributed by atoms with E-state index >= 15 is 0 Å². The third-order valence-corrected chi connectivity index (χ3v) is 12.8. The summed E-state index contributed by atoms with van der Waals surface area (Å²) in [6.45, 7) is 8.06. The normalized spacial score (nSPS) is 31.9. The molecule has 0 radical (unpaired) electrons. The second-order valence-electron chi connectivity index (χ2n) is 10.1. The lowest BCUT2D eigenvalue weighted by atomic mass is 9.86. The van der Waals surface area contributed by atoms with Crippen LogP contribution in [0.25, 0.3) is 0 Å². The van der Waals surface area contributed by atoms with E-state index in [1.807, 2.05) is 20.8 Å². The van der Waals surface area contributed by atoms with E-state index in [-0.39, 0.29) is 0 Å². The first kappa shape index (κ1) is 28.7. The molecule has 9 heteroatoms. The Hall–Kier alpha value is 0.154. The number of hydrogen-bond donors (Lipinski definition) is 0. The van der Waals surface area contributed by atoms with Crippen LogP contribution in [0.4, 0.5) is 0 Å². The van der Waals surface area contributed by atoms with Crippen molar-refractivity contribution in [3.05, 3.63) is 0 Å². The van der Waals surface area contributed by atoms with E-state index in [2.05, 4.69) is 0 Å². The van der Waals surface area contributed by atoms with E-state index < -0.39 is 18.1 Å². The predicted molar refractivity (Wildman–Crippen MR) is 137 cm³/mol. The van der Waals surface area contributed by atoms with Gasteiger partial charge in [-0.15, -0.1) is 0 Å². The summed E-state index contributed by atoms with van der Waals surface area (Å²) in [6, 6.07) is 2.10. The van der Waals surface area contributed by atoms with Gasteiger partial charge in [0.25, 0.3) is 0 Å². The first-order valence-electron chi connectivity index (χ1n) is 13.8. The fraction of sp³-hybridized carbons (Fsp3) is 1.00. The third-order valence-electron chi connectivity index (χ3n) is 7.75. The second kappa shape index (κ2) is 14.8. The van der Waals surface area contributed by atoms with Crippen LogP contribution in [0.1, 0.15) is 78.6 Å². The van der Waals surface area contributed by atoms with Crippen molar-refractivity contribution in [3.63, 3.8) is 0 Å². The summed E-state index contributed by atoms with van der Waals surface area (Å²) >= 11 is 0. The van der Waals surface area contributed by atoms with Gasteiger partial charge in [0, 0.05) is 40.1 Å². The van der Waals surface area contributed by atoms with Crippen molar-refractivity contribution in [2.45, 2.75) is 115 Å². The van der Waals surface area contributed by atoms with Gasteiger partial charge in [0.2, 0.25) is 0 Å². The summed E-state index contributed by atoms with van der Waals surface area (Å²) in [4.78, 5) is 0.